The summed E-state index contributed by atoms with van der Waals surface area (Å²) in [6.45, 7) is 0.0499. The summed E-state index contributed by atoms with van der Waals surface area (Å²) in [7, 11) is 1.57. The molecular formula is C15H19F3N2O2. The van der Waals surface area contributed by atoms with E-state index in [0.717, 1.165) is 19.3 Å². The van der Waals surface area contributed by atoms with Gasteiger partial charge < -0.3 is 15.4 Å². The van der Waals surface area contributed by atoms with E-state index < -0.39 is 6.36 Å². The van der Waals surface area contributed by atoms with Crippen molar-refractivity contribution in [1.29, 1.82) is 0 Å². The number of rotatable bonds is 4. The van der Waals surface area contributed by atoms with Crippen molar-refractivity contribution >= 4 is 5.91 Å². The number of hydrogen-bond donors (Lipinski definition) is 1. The molecule has 1 aliphatic rings. The molecule has 1 saturated carbocycles. The van der Waals surface area contributed by atoms with Crippen LogP contribution in [0.2, 0.25) is 0 Å². The molecule has 1 fully saturated rings. The molecule has 122 valence electrons. The Morgan fingerprint density at radius 1 is 1.36 bits per heavy atom. The zero-order valence-corrected chi connectivity index (χ0v) is 12.3. The first-order valence-electron chi connectivity index (χ1n) is 7.12. The van der Waals surface area contributed by atoms with Gasteiger partial charge in [-0.1, -0.05) is 24.6 Å². The highest BCUT2D eigenvalue weighted by molar-refractivity contribution is 5.79. The third kappa shape index (κ3) is 4.13. The van der Waals surface area contributed by atoms with Crippen LogP contribution in [-0.4, -0.2) is 30.3 Å². The van der Waals surface area contributed by atoms with E-state index in [0.29, 0.717) is 5.56 Å². The quantitative estimate of drug-likeness (QED) is 0.929. The summed E-state index contributed by atoms with van der Waals surface area (Å²) in [5.41, 5.74) is 6.21. The summed E-state index contributed by atoms with van der Waals surface area (Å²) in [4.78, 5) is 13.8. The van der Waals surface area contributed by atoms with Gasteiger partial charge in [-0.05, 0) is 18.9 Å². The molecule has 2 N–H and O–H groups in total. The van der Waals surface area contributed by atoms with Crippen molar-refractivity contribution in [3.63, 3.8) is 0 Å². The summed E-state index contributed by atoms with van der Waals surface area (Å²) < 4.78 is 41.2. The van der Waals surface area contributed by atoms with Gasteiger partial charge in [-0.15, -0.1) is 13.2 Å². The van der Waals surface area contributed by atoms with Crippen molar-refractivity contribution in [2.24, 2.45) is 11.7 Å². The molecule has 2 rings (SSSR count). The molecule has 0 bridgehead atoms. The molecule has 0 spiro atoms. The first-order valence-corrected chi connectivity index (χ1v) is 7.12. The van der Waals surface area contributed by atoms with Gasteiger partial charge in [0.1, 0.15) is 5.75 Å². The van der Waals surface area contributed by atoms with E-state index in [1.165, 1.54) is 23.1 Å². The first-order chi connectivity index (χ1) is 10.3. The number of halogens is 3. The van der Waals surface area contributed by atoms with Gasteiger partial charge in [0.05, 0.1) is 5.92 Å². The highest BCUT2D eigenvalue weighted by atomic mass is 19.4. The Morgan fingerprint density at radius 2 is 2.05 bits per heavy atom. The fraction of sp³-hybridized carbons (Fsp3) is 0.533. The highest BCUT2D eigenvalue weighted by Gasteiger charge is 2.34. The molecule has 1 aromatic rings. The van der Waals surface area contributed by atoms with Crippen LogP contribution in [0.1, 0.15) is 24.8 Å². The lowest BCUT2D eigenvalue weighted by molar-refractivity contribution is -0.275. The number of hydrogen-bond acceptors (Lipinski definition) is 3. The minimum absolute atomic E-state index is 0.0499. The van der Waals surface area contributed by atoms with Gasteiger partial charge in [-0.3, -0.25) is 4.79 Å². The van der Waals surface area contributed by atoms with Crippen molar-refractivity contribution in [3.05, 3.63) is 29.8 Å². The maximum absolute atomic E-state index is 12.4. The Bertz CT molecular complexity index is 534. The molecule has 0 saturated heterocycles. The standard InChI is InChI=1S/C15H19F3N2O2/c1-20(14(21)11-6-4-7-12(11)19)9-10-5-2-3-8-13(10)22-15(16,17)18/h2-3,5,8,11-12H,4,6-7,9,19H2,1H3. The molecule has 1 aromatic carbocycles. The zero-order valence-electron chi connectivity index (χ0n) is 12.3. The molecule has 1 aliphatic carbocycles. The van der Waals surface area contributed by atoms with E-state index in [1.54, 1.807) is 13.1 Å². The predicted molar refractivity (Wildman–Crippen MR) is 74.9 cm³/mol. The van der Waals surface area contributed by atoms with E-state index in [1.807, 2.05) is 0 Å². The van der Waals surface area contributed by atoms with Crippen LogP contribution >= 0.6 is 0 Å². The molecule has 1 amide bonds. The Morgan fingerprint density at radius 3 is 2.64 bits per heavy atom. The van der Waals surface area contributed by atoms with Crippen LogP contribution in [0.5, 0.6) is 5.75 Å². The molecule has 0 aliphatic heterocycles. The van der Waals surface area contributed by atoms with Crippen LogP contribution in [0.25, 0.3) is 0 Å². The lowest BCUT2D eigenvalue weighted by atomic mass is 10.0. The van der Waals surface area contributed by atoms with Crippen LogP contribution < -0.4 is 10.5 Å². The lowest BCUT2D eigenvalue weighted by Gasteiger charge is -2.24. The van der Waals surface area contributed by atoms with Crippen LogP contribution in [0.15, 0.2) is 24.3 Å². The van der Waals surface area contributed by atoms with Crippen molar-refractivity contribution in [2.75, 3.05) is 7.05 Å². The summed E-state index contributed by atoms with van der Waals surface area (Å²) >= 11 is 0. The fourth-order valence-electron chi connectivity index (χ4n) is 2.77. The molecule has 22 heavy (non-hydrogen) atoms. The second-order valence-electron chi connectivity index (χ2n) is 5.55. The number of carbonyl (C=O) groups excluding carboxylic acids is 1. The fourth-order valence-corrected chi connectivity index (χ4v) is 2.77. The van der Waals surface area contributed by atoms with E-state index in [4.69, 9.17) is 5.73 Å². The average molecular weight is 316 g/mol. The normalized spacial score (nSPS) is 21.7. The second-order valence-corrected chi connectivity index (χ2v) is 5.55. The van der Waals surface area contributed by atoms with Gasteiger partial charge in [-0.25, -0.2) is 0 Å². The van der Waals surface area contributed by atoms with Gasteiger partial charge in [0.25, 0.3) is 0 Å². The third-order valence-electron chi connectivity index (χ3n) is 3.87. The van der Waals surface area contributed by atoms with E-state index >= 15 is 0 Å². The first kappa shape index (κ1) is 16.6. The number of para-hydroxylation sites is 1. The maximum Gasteiger partial charge on any atom is 0.573 e. The molecule has 0 radical (unpaired) electrons. The monoisotopic (exact) mass is 316 g/mol. The Balaban J connectivity index is 2.08. The number of nitrogens with two attached hydrogens (primary N) is 1. The smallest absolute Gasteiger partial charge is 0.405 e. The molecule has 4 nitrogen and oxygen atoms in total. The Hall–Kier alpha value is -1.76. The largest absolute Gasteiger partial charge is 0.573 e. The van der Waals surface area contributed by atoms with E-state index in [-0.39, 0.29) is 30.2 Å². The SMILES string of the molecule is CN(Cc1ccccc1OC(F)(F)F)C(=O)C1CCCC1N. The maximum atomic E-state index is 12.4. The number of ether oxygens (including phenoxy) is 1. The minimum atomic E-state index is -4.76. The zero-order chi connectivity index (χ0) is 16.3. The molecular weight excluding hydrogens is 297 g/mol. The molecule has 2 atom stereocenters. The van der Waals surface area contributed by atoms with Gasteiger partial charge in [-0.2, -0.15) is 0 Å². The van der Waals surface area contributed by atoms with Crippen LogP contribution in [0, 0.1) is 5.92 Å². The van der Waals surface area contributed by atoms with Gasteiger partial charge in [0.15, 0.2) is 0 Å². The Labute approximate surface area is 127 Å². The average Bonchev–Trinajstić information content (AvgIpc) is 2.84. The molecule has 7 heteroatoms. The Kier molecular flexibility index (Phi) is 4.95. The summed E-state index contributed by atoms with van der Waals surface area (Å²) in [5.74, 6) is -0.669. The topological polar surface area (TPSA) is 55.6 Å². The highest BCUT2D eigenvalue weighted by Crippen LogP contribution is 2.29. The predicted octanol–water partition coefficient (Wildman–Crippen LogP) is 2.67. The second kappa shape index (κ2) is 6.56. The minimum Gasteiger partial charge on any atom is -0.405 e. The van der Waals surface area contributed by atoms with Gasteiger partial charge in [0, 0.05) is 25.2 Å². The lowest BCUT2D eigenvalue weighted by Crippen LogP contribution is -2.39. The summed E-state index contributed by atoms with van der Waals surface area (Å²) in [6.07, 6.45) is -2.32. The van der Waals surface area contributed by atoms with E-state index in [9.17, 15) is 18.0 Å². The van der Waals surface area contributed by atoms with Crippen molar-refractivity contribution in [1.82, 2.24) is 4.90 Å². The number of alkyl halides is 3. The van der Waals surface area contributed by atoms with Crippen molar-refractivity contribution in [3.8, 4) is 5.75 Å². The van der Waals surface area contributed by atoms with Crippen LogP contribution in [0.3, 0.4) is 0 Å². The van der Waals surface area contributed by atoms with Crippen molar-refractivity contribution < 1.29 is 22.7 Å². The number of benzene rings is 1. The summed E-state index contributed by atoms with van der Waals surface area (Å²) in [6, 6.07) is 5.65. The van der Waals surface area contributed by atoms with Crippen LogP contribution in [0.4, 0.5) is 13.2 Å². The summed E-state index contributed by atoms with van der Waals surface area (Å²) in [5, 5.41) is 0. The van der Waals surface area contributed by atoms with Crippen LogP contribution in [-0.2, 0) is 11.3 Å². The third-order valence-corrected chi connectivity index (χ3v) is 3.87. The number of carbonyl (C=O) groups is 1. The van der Waals surface area contributed by atoms with Gasteiger partial charge >= 0.3 is 6.36 Å². The molecule has 0 heterocycles. The van der Waals surface area contributed by atoms with Gasteiger partial charge in [0.2, 0.25) is 5.91 Å². The molecule has 2 unspecified atom stereocenters. The van der Waals surface area contributed by atoms with Crippen molar-refractivity contribution in [2.45, 2.75) is 38.2 Å². The van der Waals surface area contributed by atoms with E-state index in [2.05, 4.69) is 4.74 Å². The molecule has 0 aromatic heterocycles. The number of nitrogens with zero attached hydrogens (tertiary/aromatic N) is 1. The number of amides is 1.